The lowest BCUT2D eigenvalue weighted by Crippen LogP contribution is -2.38. The van der Waals surface area contributed by atoms with Crippen molar-refractivity contribution < 1.29 is 13.2 Å². The molecule has 22 heavy (non-hydrogen) atoms. The molecule has 2 N–H and O–H groups in total. The Labute approximate surface area is 132 Å². The van der Waals surface area contributed by atoms with Gasteiger partial charge in [-0.1, -0.05) is 12.1 Å². The van der Waals surface area contributed by atoms with E-state index in [1.165, 1.54) is 11.3 Å². The molecule has 0 radical (unpaired) electrons. The van der Waals surface area contributed by atoms with Crippen molar-refractivity contribution in [2.24, 2.45) is 0 Å². The van der Waals surface area contributed by atoms with Crippen LogP contribution in [-0.4, -0.2) is 37.0 Å². The topological polar surface area (TPSA) is 88.2 Å². The van der Waals surface area contributed by atoms with Gasteiger partial charge in [-0.25, -0.2) is 18.2 Å². The normalized spacial score (nSPS) is 19.7. The maximum absolute atomic E-state index is 11.9. The largest absolute Gasteiger partial charge is 0.334 e. The molecule has 6 nitrogen and oxygen atoms in total. The van der Waals surface area contributed by atoms with E-state index in [9.17, 15) is 13.2 Å². The number of hydrogen-bond acceptors (Lipinski definition) is 5. The Morgan fingerprint density at radius 2 is 2.23 bits per heavy atom. The molecular weight excluding hydrogens is 322 g/mol. The van der Waals surface area contributed by atoms with Gasteiger partial charge < -0.3 is 10.6 Å². The van der Waals surface area contributed by atoms with Gasteiger partial charge in [0.2, 0.25) is 0 Å². The summed E-state index contributed by atoms with van der Waals surface area (Å²) in [7, 11) is -3.00. The van der Waals surface area contributed by atoms with Crippen molar-refractivity contribution in [3.05, 3.63) is 35.8 Å². The van der Waals surface area contributed by atoms with Crippen molar-refractivity contribution >= 4 is 32.9 Å². The highest BCUT2D eigenvalue weighted by Gasteiger charge is 2.28. The third-order valence-corrected chi connectivity index (χ3v) is 5.96. The quantitative estimate of drug-likeness (QED) is 0.898. The van der Waals surface area contributed by atoms with Gasteiger partial charge in [-0.15, -0.1) is 11.3 Å². The zero-order valence-corrected chi connectivity index (χ0v) is 13.3. The number of carbonyl (C=O) groups excluding carboxylic acids is 1. The maximum Gasteiger partial charge on any atom is 0.319 e. The van der Waals surface area contributed by atoms with Crippen LogP contribution in [0.2, 0.25) is 0 Å². The molecular formula is C14H15N3O3S2. The van der Waals surface area contributed by atoms with Crippen LogP contribution < -0.4 is 10.6 Å². The van der Waals surface area contributed by atoms with Gasteiger partial charge in [0.15, 0.2) is 9.84 Å². The van der Waals surface area contributed by atoms with Gasteiger partial charge in [-0.3, -0.25) is 0 Å². The minimum absolute atomic E-state index is 0.0135. The minimum atomic E-state index is -3.00. The molecule has 2 aromatic rings. The summed E-state index contributed by atoms with van der Waals surface area (Å²) >= 11 is 1.52. The number of urea groups is 1. The van der Waals surface area contributed by atoms with Crippen LogP contribution in [0.4, 0.5) is 10.5 Å². The van der Waals surface area contributed by atoms with Crippen molar-refractivity contribution in [3.8, 4) is 10.6 Å². The molecule has 0 saturated carbocycles. The van der Waals surface area contributed by atoms with Gasteiger partial charge in [-0.2, -0.15) is 0 Å². The lowest BCUT2D eigenvalue weighted by Gasteiger charge is -2.12. The number of rotatable bonds is 3. The summed E-state index contributed by atoms with van der Waals surface area (Å²) < 4.78 is 22.8. The fourth-order valence-corrected chi connectivity index (χ4v) is 4.67. The van der Waals surface area contributed by atoms with E-state index in [0.717, 1.165) is 10.6 Å². The van der Waals surface area contributed by atoms with Crippen LogP contribution in [0.3, 0.4) is 0 Å². The third kappa shape index (κ3) is 3.63. The maximum atomic E-state index is 11.9. The molecule has 1 unspecified atom stereocenters. The second-order valence-electron chi connectivity index (χ2n) is 5.12. The van der Waals surface area contributed by atoms with Gasteiger partial charge in [0.25, 0.3) is 0 Å². The van der Waals surface area contributed by atoms with E-state index in [1.807, 2.05) is 23.6 Å². The van der Waals surface area contributed by atoms with E-state index in [1.54, 1.807) is 12.3 Å². The molecule has 2 heterocycles. The Morgan fingerprint density at radius 1 is 1.36 bits per heavy atom. The number of aromatic nitrogens is 1. The van der Waals surface area contributed by atoms with Crippen LogP contribution in [0.5, 0.6) is 0 Å². The Kier molecular flexibility index (Phi) is 4.12. The fraction of sp³-hybridized carbons (Fsp3) is 0.286. The summed E-state index contributed by atoms with van der Waals surface area (Å²) in [6.45, 7) is 0. The van der Waals surface area contributed by atoms with Crippen molar-refractivity contribution in [2.75, 3.05) is 16.8 Å². The third-order valence-electron chi connectivity index (χ3n) is 3.37. The molecule has 1 saturated heterocycles. The summed E-state index contributed by atoms with van der Waals surface area (Å²) in [6, 6.07) is 6.68. The Bertz CT molecular complexity index is 772. The van der Waals surface area contributed by atoms with Gasteiger partial charge >= 0.3 is 6.03 Å². The molecule has 3 rings (SSSR count). The molecule has 2 amide bonds. The van der Waals surface area contributed by atoms with Crippen LogP contribution in [0.15, 0.2) is 35.8 Å². The van der Waals surface area contributed by atoms with E-state index in [0.29, 0.717) is 12.1 Å². The van der Waals surface area contributed by atoms with Crippen molar-refractivity contribution in [1.29, 1.82) is 0 Å². The first-order valence-corrected chi connectivity index (χ1v) is 9.50. The smallest absolute Gasteiger partial charge is 0.319 e. The number of thiazole rings is 1. The molecule has 8 heteroatoms. The van der Waals surface area contributed by atoms with Crippen LogP contribution in [-0.2, 0) is 9.84 Å². The zero-order chi connectivity index (χ0) is 15.6. The number of anilines is 1. The van der Waals surface area contributed by atoms with Gasteiger partial charge in [0.05, 0.1) is 11.5 Å². The lowest BCUT2D eigenvalue weighted by molar-refractivity contribution is 0.249. The molecule has 0 spiro atoms. The van der Waals surface area contributed by atoms with Crippen LogP contribution >= 0.6 is 11.3 Å². The predicted octanol–water partition coefficient (Wildman–Crippen LogP) is 2.12. The molecule has 0 bridgehead atoms. The summed E-state index contributed by atoms with van der Waals surface area (Å²) in [6.07, 6.45) is 2.20. The standard InChI is InChI=1S/C14H15N3O3S2/c18-14(17-12-4-7-22(19,20)9-12)16-11-3-1-2-10(8-11)13-15-5-6-21-13/h1-3,5-6,8,12H,4,7,9H2,(H2,16,17,18). The monoisotopic (exact) mass is 337 g/mol. The van der Waals surface area contributed by atoms with Gasteiger partial charge in [0, 0.05) is 28.9 Å². The molecule has 1 aromatic heterocycles. The number of amides is 2. The first-order chi connectivity index (χ1) is 10.5. The summed E-state index contributed by atoms with van der Waals surface area (Å²) in [5.74, 6) is 0.150. The molecule has 1 fully saturated rings. The lowest BCUT2D eigenvalue weighted by atomic mass is 10.2. The highest BCUT2D eigenvalue weighted by atomic mass is 32.2. The van der Waals surface area contributed by atoms with E-state index in [-0.39, 0.29) is 17.5 Å². The Morgan fingerprint density at radius 3 is 2.91 bits per heavy atom. The van der Waals surface area contributed by atoms with Crippen molar-refractivity contribution in [1.82, 2.24) is 10.3 Å². The summed E-state index contributed by atoms with van der Waals surface area (Å²) in [5.41, 5.74) is 1.57. The highest BCUT2D eigenvalue weighted by molar-refractivity contribution is 7.91. The van der Waals surface area contributed by atoms with Crippen molar-refractivity contribution in [2.45, 2.75) is 12.5 Å². The minimum Gasteiger partial charge on any atom is -0.334 e. The van der Waals surface area contributed by atoms with E-state index in [2.05, 4.69) is 15.6 Å². The number of carbonyl (C=O) groups is 1. The Hall–Kier alpha value is -1.93. The molecule has 1 aromatic carbocycles. The highest BCUT2D eigenvalue weighted by Crippen LogP contribution is 2.24. The van der Waals surface area contributed by atoms with Crippen LogP contribution in [0.1, 0.15) is 6.42 Å². The molecule has 1 aliphatic rings. The molecule has 1 aliphatic heterocycles. The van der Waals surface area contributed by atoms with Gasteiger partial charge in [0.1, 0.15) is 5.01 Å². The van der Waals surface area contributed by atoms with E-state index in [4.69, 9.17) is 0 Å². The number of nitrogens with zero attached hydrogens (tertiary/aromatic N) is 1. The average Bonchev–Trinajstić information content (AvgIpc) is 3.09. The fourth-order valence-electron chi connectivity index (χ4n) is 2.36. The van der Waals surface area contributed by atoms with Gasteiger partial charge in [-0.05, 0) is 18.6 Å². The average molecular weight is 337 g/mol. The SMILES string of the molecule is O=C(Nc1cccc(-c2nccs2)c1)NC1CCS(=O)(=O)C1. The number of nitrogens with one attached hydrogen (secondary N) is 2. The predicted molar refractivity (Wildman–Crippen MR) is 86.8 cm³/mol. The Balaban J connectivity index is 1.63. The van der Waals surface area contributed by atoms with Crippen molar-refractivity contribution in [3.63, 3.8) is 0 Å². The molecule has 1 atom stereocenters. The summed E-state index contributed by atoms with van der Waals surface area (Å²) in [4.78, 5) is 16.2. The summed E-state index contributed by atoms with van der Waals surface area (Å²) in [5, 5.41) is 8.20. The number of sulfone groups is 1. The molecule has 0 aliphatic carbocycles. The van der Waals surface area contributed by atoms with E-state index >= 15 is 0 Å². The second kappa shape index (κ2) is 6.05. The molecule has 116 valence electrons. The number of hydrogen-bond donors (Lipinski definition) is 2. The van der Waals surface area contributed by atoms with Crippen LogP contribution in [0.25, 0.3) is 10.6 Å². The first-order valence-electron chi connectivity index (χ1n) is 6.80. The van der Waals surface area contributed by atoms with E-state index < -0.39 is 15.9 Å². The number of benzene rings is 1. The van der Waals surface area contributed by atoms with Crippen LogP contribution in [0, 0.1) is 0 Å². The zero-order valence-electron chi connectivity index (χ0n) is 11.7. The first kappa shape index (κ1) is 15.0. The second-order valence-corrected chi connectivity index (χ2v) is 8.24.